The first kappa shape index (κ1) is 17.1. The number of carboxylic acids is 1. The largest absolute Gasteiger partial charge is 0.477 e. The van der Waals surface area contributed by atoms with Gasteiger partial charge in [-0.3, -0.25) is 0 Å². The molecule has 0 bridgehead atoms. The maximum Gasteiger partial charge on any atom is 0.346 e. The van der Waals surface area contributed by atoms with Crippen LogP contribution in [-0.4, -0.2) is 51.0 Å². The van der Waals surface area contributed by atoms with Crippen LogP contribution in [-0.2, 0) is 14.8 Å². The Morgan fingerprint density at radius 3 is 2.65 bits per heavy atom. The fraction of sp³-hybridized carbons (Fsp3) is 0.545. The zero-order valence-corrected chi connectivity index (χ0v) is 12.8. The Morgan fingerprint density at radius 1 is 1.55 bits per heavy atom. The molecule has 0 spiro atoms. The minimum Gasteiger partial charge on any atom is -0.477 e. The summed E-state index contributed by atoms with van der Waals surface area (Å²) in [5.74, 6) is -1.15. The van der Waals surface area contributed by atoms with Gasteiger partial charge < -0.3 is 14.9 Å². The van der Waals surface area contributed by atoms with Crippen LogP contribution in [0, 0.1) is 6.92 Å². The summed E-state index contributed by atoms with van der Waals surface area (Å²) in [7, 11) is -2.40. The maximum atomic E-state index is 12.1. The molecular formula is C11H17NO6S2. The highest BCUT2D eigenvalue weighted by Crippen LogP contribution is 2.26. The number of thiophene rings is 1. The number of nitrogens with one attached hydrogen (secondary N) is 1. The third kappa shape index (κ3) is 4.25. The zero-order chi connectivity index (χ0) is 15.3. The Bertz CT molecular complexity index is 559. The van der Waals surface area contributed by atoms with Crippen molar-refractivity contribution in [3.8, 4) is 0 Å². The SMILES string of the molecule is COCC(CCO)NS(=O)(=O)c1cc(C)c(C(=O)O)s1. The van der Waals surface area contributed by atoms with Gasteiger partial charge in [0.05, 0.1) is 6.61 Å². The summed E-state index contributed by atoms with van der Waals surface area (Å²) in [6, 6.07) is 0.755. The summed E-state index contributed by atoms with van der Waals surface area (Å²) >= 11 is 0.699. The Hall–Kier alpha value is -1.00. The van der Waals surface area contributed by atoms with E-state index in [-0.39, 0.29) is 28.7 Å². The molecular weight excluding hydrogens is 306 g/mol. The molecule has 114 valence electrons. The predicted molar refractivity (Wildman–Crippen MR) is 73.7 cm³/mol. The van der Waals surface area contributed by atoms with Gasteiger partial charge in [-0.1, -0.05) is 0 Å². The van der Waals surface area contributed by atoms with Gasteiger partial charge in [0.1, 0.15) is 9.09 Å². The van der Waals surface area contributed by atoms with Gasteiger partial charge in [-0.15, -0.1) is 11.3 Å². The standard InChI is InChI=1S/C11H17NO6S2/c1-7-5-9(19-10(7)11(14)15)20(16,17)12-8(3-4-13)6-18-2/h5,8,12-13H,3-4,6H2,1-2H3,(H,14,15). The van der Waals surface area contributed by atoms with E-state index in [1.165, 1.54) is 13.2 Å². The number of aromatic carboxylic acids is 1. The second-order valence-corrected chi connectivity index (χ2v) is 7.16. The fourth-order valence-corrected chi connectivity index (χ4v) is 4.26. The molecule has 0 radical (unpaired) electrons. The van der Waals surface area contributed by atoms with Crippen molar-refractivity contribution >= 4 is 27.3 Å². The van der Waals surface area contributed by atoms with E-state index < -0.39 is 22.0 Å². The van der Waals surface area contributed by atoms with E-state index >= 15 is 0 Å². The van der Waals surface area contributed by atoms with Gasteiger partial charge in [0.2, 0.25) is 10.0 Å². The van der Waals surface area contributed by atoms with Crippen molar-refractivity contribution in [1.82, 2.24) is 4.72 Å². The molecule has 0 aliphatic carbocycles. The molecule has 1 unspecified atom stereocenters. The smallest absolute Gasteiger partial charge is 0.346 e. The average molecular weight is 323 g/mol. The number of aliphatic hydroxyl groups excluding tert-OH is 1. The van der Waals surface area contributed by atoms with Gasteiger partial charge in [-0.2, -0.15) is 0 Å². The van der Waals surface area contributed by atoms with Crippen molar-refractivity contribution in [2.45, 2.75) is 23.6 Å². The van der Waals surface area contributed by atoms with E-state index in [4.69, 9.17) is 14.9 Å². The molecule has 1 aromatic heterocycles. The monoisotopic (exact) mass is 323 g/mol. The van der Waals surface area contributed by atoms with E-state index in [1.807, 2.05) is 0 Å². The molecule has 1 rings (SSSR count). The molecule has 0 amide bonds. The van der Waals surface area contributed by atoms with Crippen molar-refractivity contribution in [1.29, 1.82) is 0 Å². The number of methoxy groups -OCH3 is 1. The van der Waals surface area contributed by atoms with Crippen LogP contribution in [0.15, 0.2) is 10.3 Å². The average Bonchev–Trinajstić information content (AvgIpc) is 2.72. The Labute approximate surface area is 121 Å². The van der Waals surface area contributed by atoms with Gasteiger partial charge in [0.25, 0.3) is 0 Å². The van der Waals surface area contributed by atoms with Crippen LogP contribution < -0.4 is 4.72 Å². The third-order valence-electron chi connectivity index (χ3n) is 2.52. The topological polar surface area (TPSA) is 113 Å². The van der Waals surface area contributed by atoms with E-state index in [9.17, 15) is 13.2 Å². The number of aryl methyl sites for hydroxylation is 1. The van der Waals surface area contributed by atoms with Gasteiger partial charge in [0.15, 0.2) is 0 Å². The first-order chi connectivity index (χ1) is 9.31. The van der Waals surface area contributed by atoms with Crippen LogP contribution in [0.25, 0.3) is 0 Å². The number of carbonyl (C=O) groups is 1. The summed E-state index contributed by atoms with van der Waals surface area (Å²) in [5.41, 5.74) is 0.397. The molecule has 0 aliphatic rings. The first-order valence-corrected chi connectivity index (χ1v) is 8.07. The van der Waals surface area contributed by atoms with Crippen LogP contribution in [0.2, 0.25) is 0 Å². The zero-order valence-electron chi connectivity index (χ0n) is 11.1. The van der Waals surface area contributed by atoms with Gasteiger partial charge in [0, 0.05) is 19.8 Å². The molecule has 20 heavy (non-hydrogen) atoms. The molecule has 0 saturated carbocycles. The summed E-state index contributed by atoms with van der Waals surface area (Å²) in [4.78, 5) is 10.9. The van der Waals surface area contributed by atoms with Crippen LogP contribution in [0.4, 0.5) is 0 Å². The minimum absolute atomic E-state index is 0.00387. The molecule has 1 atom stereocenters. The second-order valence-electron chi connectivity index (χ2n) is 4.17. The molecule has 0 fully saturated rings. The highest BCUT2D eigenvalue weighted by molar-refractivity contribution is 7.91. The Kier molecular flexibility index (Phi) is 6.08. The molecule has 7 nitrogen and oxygen atoms in total. The van der Waals surface area contributed by atoms with Crippen LogP contribution in [0.5, 0.6) is 0 Å². The van der Waals surface area contributed by atoms with E-state index in [2.05, 4.69) is 4.72 Å². The summed E-state index contributed by atoms with van der Waals surface area (Å²) in [6.45, 7) is 1.48. The van der Waals surface area contributed by atoms with Gasteiger partial charge >= 0.3 is 5.97 Å². The molecule has 0 aliphatic heterocycles. The highest BCUT2D eigenvalue weighted by Gasteiger charge is 2.24. The fourth-order valence-electron chi connectivity index (χ4n) is 1.61. The minimum atomic E-state index is -3.82. The lowest BCUT2D eigenvalue weighted by atomic mass is 10.2. The Morgan fingerprint density at radius 2 is 2.20 bits per heavy atom. The number of hydrogen-bond acceptors (Lipinski definition) is 6. The molecule has 0 aromatic carbocycles. The lowest BCUT2D eigenvalue weighted by Gasteiger charge is -2.16. The lowest BCUT2D eigenvalue weighted by Crippen LogP contribution is -2.38. The molecule has 0 saturated heterocycles. The molecule has 9 heteroatoms. The second kappa shape index (κ2) is 7.14. The normalized spacial score (nSPS) is 13.3. The third-order valence-corrected chi connectivity index (χ3v) is 5.74. The molecule has 3 N–H and O–H groups in total. The number of rotatable bonds is 8. The molecule has 1 heterocycles. The number of aliphatic hydroxyl groups is 1. The van der Waals surface area contributed by atoms with Crippen LogP contribution in [0.3, 0.4) is 0 Å². The van der Waals surface area contributed by atoms with E-state index in [0.29, 0.717) is 16.9 Å². The van der Waals surface area contributed by atoms with Crippen molar-refractivity contribution in [2.75, 3.05) is 20.3 Å². The quantitative estimate of drug-likeness (QED) is 0.639. The molecule has 1 aromatic rings. The Balaban J connectivity index is 2.98. The van der Waals surface area contributed by atoms with Crippen LogP contribution in [0.1, 0.15) is 21.7 Å². The summed E-state index contributed by atoms with van der Waals surface area (Å²) < 4.78 is 31.5. The highest BCUT2D eigenvalue weighted by atomic mass is 32.2. The van der Waals surface area contributed by atoms with Gasteiger partial charge in [-0.05, 0) is 25.0 Å². The van der Waals surface area contributed by atoms with E-state index in [1.54, 1.807) is 6.92 Å². The van der Waals surface area contributed by atoms with Crippen molar-refractivity contribution in [2.24, 2.45) is 0 Å². The summed E-state index contributed by atoms with van der Waals surface area (Å²) in [6.07, 6.45) is 0.212. The predicted octanol–water partition coefficient (Wildman–Crippen LogP) is 0.430. The number of hydrogen-bond donors (Lipinski definition) is 3. The first-order valence-electron chi connectivity index (χ1n) is 5.77. The number of ether oxygens (including phenoxy) is 1. The summed E-state index contributed by atoms with van der Waals surface area (Å²) in [5, 5.41) is 17.8. The van der Waals surface area contributed by atoms with Crippen molar-refractivity contribution < 1.29 is 28.2 Å². The van der Waals surface area contributed by atoms with Gasteiger partial charge in [-0.25, -0.2) is 17.9 Å². The maximum absolute atomic E-state index is 12.1. The van der Waals surface area contributed by atoms with Crippen molar-refractivity contribution in [3.63, 3.8) is 0 Å². The van der Waals surface area contributed by atoms with E-state index in [0.717, 1.165) is 0 Å². The van der Waals surface area contributed by atoms with Crippen molar-refractivity contribution in [3.05, 3.63) is 16.5 Å². The number of carboxylic acid groups (broad SMARTS) is 1. The van der Waals surface area contributed by atoms with Crippen LogP contribution >= 0.6 is 11.3 Å². The number of sulfonamides is 1. The lowest BCUT2D eigenvalue weighted by molar-refractivity contribution is 0.0701.